The van der Waals surface area contributed by atoms with E-state index in [-0.39, 0.29) is 18.6 Å². The second-order valence-corrected chi connectivity index (χ2v) is 4.79. The molecule has 1 rings (SSSR count). The Morgan fingerprint density at radius 3 is 2.41 bits per heavy atom. The smallest absolute Gasteiger partial charge is 0.323 e. The number of esters is 1. The van der Waals surface area contributed by atoms with Crippen molar-refractivity contribution in [1.29, 1.82) is 0 Å². The lowest BCUT2D eigenvalue weighted by Crippen LogP contribution is -2.36. The number of aliphatic carboxylic acids is 1. The number of hydrogen-bond donors (Lipinski definition) is 3. The van der Waals surface area contributed by atoms with Gasteiger partial charge in [-0.3, -0.25) is 14.4 Å². The highest BCUT2D eigenvalue weighted by Gasteiger charge is 2.23. The zero-order valence-electron chi connectivity index (χ0n) is 12.3. The fourth-order valence-corrected chi connectivity index (χ4v) is 1.99. The first kappa shape index (κ1) is 17.8. The molecular weight excluding hydrogens is 288 g/mol. The molecule has 0 radical (unpaired) electrons. The van der Waals surface area contributed by atoms with Gasteiger partial charge >= 0.3 is 11.9 Å². The van der Waals surface area contributed by atoms with Crippen LogP contribution >= 0.6 is 0 Å². The van der Waals surface area contributed by atoms with Crippen LogP contribution in [0.3, 0.4) is 0 Å². The second-order valence-electron chi connectivity index (χ2n) is 4.79. The molecular formula is C15H20N2O5. The Hall–Kier alpha value is -2.25. The fourth-order valence-electron chi connectivity index (χ4n) is 1.99. The highest BCUT2D eigenvalue weighted by atomic mass is 16.5. The van der Waals surface area contributed by atoms with Gasteiger partial charge in [0.1, 0.15) is 6.04 Å². The molecule has 0 aliphatic carbocycles. The topological polar surface area (TPSA) is 133 Å². The molecule has 0 saturated heterocycles. The lowest BCUT2D eigenvalue weighted by atomic mass is 9.94. The summed E-state index contributed by atoms with van der Waals surface area (Å²) >= 11 is 0. The van der Waals surface area contributed by atoms with E-state index in [4.69, 9.17) is 21.3 Å². The van der Waals surface area contributed by atoms with E-state index in [0.717, 1.165) is 0 Å². The summed E-state index contributed by atoms with van der Waals surface area (Å²) in [6.45, 7) is 1.89. The van der Waals surface area contributed by atoms with Crippen molar-refractivity contribution >= 4 is 17.7 Å². The molecule has 0 spiro atoms. The van der Waals surface area contributed by atoms with Gasteiger partial charge in [0.05, 0.1) is 19.1 Å². The Bertz CT molecular complexity index is 559. The summed E-state index contributed by atoms with van der Waals surface area (Å²) in [7, 11) is 0. The number of carboxylic acids is 1. The highest BCUT2D eigenvalue weighted by Crippen LogP contribution is 2.14. The van der Waals surface area contributed by atoms with Crippen LogP contribution in [0.4, 0.5) is 0 Å². The average Bonchev–Trinajstić information content (AvgIpc) is 2.46. The van der Waals surface area contributed by atoms with Crippen LogP contribution in [0.15, 0.2) is 24.3 Å². The van der Waals surface area contributed by atoms with Crippen molar-refractivity contribution in [3.63, 3.8) is 0 Å². The fraction of sp³-hybridized carbons (Fsp3) is 0.400. The minimum Gasteiger partial charge on any atom is -0.481 e. The number of nitrogens with two attached hydrogens (primary N) is 2. The van der Waals surface area contributed by atoms with Gasteiger partial charge in [-0.25, -0.2) is 0 Å². The molecule has 0 aliphatic rings. The van der Waals surface area contributed by atoms with Gasteiger partial charge in [0.2, 0.25) is 0 Å². The van der Waals surface area contributed by atoms with Crippen LogP contribution in [0.5, 0.6) is 0 Å². The normalized spacial score (nSPS) is 13.2. The van der Waals surface area contributed by atoms with Crippen molar-refractivity contribution in [2.45, 2.75) is 31.8 Å². The Kier molecular flexibility index (Phi) is 6.68. The highest BCUT2D eigenvalue weighted by molar-refractivity contribution is 6.02. The van der Waals surface area contributed by atoms with Gasteiger partial charge in [0.15, 0.2) is 5.78 Å². The van der Waals surface area contributed by atoms with E-state index in [1.807, 2.05) is 0 Å². The first-order valence-corrected chi connectivity index (χ1v) is 6.88. The molecule has 0 unspecified atom stereocenters. The Balaban J connectivity index is 2.92. The SMILES string of the molecule is CCOC(=O)[C@@H](N)Cc1ccccc1C(=O)[C@@H](N)CC(=O)O. The maximum Gasteiger partial charge on any atom is 0.323 e. The summed E-state index contributed by atoms with van der Waals surface area (Å²) in [5, 5.41) is 8.71. The first-order valence-electron chi connectivity index (χ1n) is 6.88. The maximum atomic E-state index is 12.2. The van der Waals surface area contributed by atoms with Crippen molar-refractivity contribution in [1.82, 2.24) is 0 Å². The third kappa shape index (κ3) is 4.94. The molecule has 0 heterocycles. The molecule has 0 saturated carbocycles. The lowest BCUT2D eigenvalue weighted by molar-refractivity contribution is -0.144. The summed E-state index contributed by atoms with van der Waals surface area (Å²) in [5.41, 5.74) is 12.2. The minimum absolute atomic E-state index is 0.112. The number of benzene rings is 1. The largest absolute Gasteiger partial charge is 0.481 e. The van der Waals surface area contributed by atoms with E-state index >= 15 is 0 Å². The van der Waals surface area contributed by atoms with Gasteiger partial charge in [0.25, 0.3) is 0 Å². The predicted molar refractivity (Wildman–Crippen MR) is 79.3 cm³/mol. The Morgan fingerprint density at radius 1 is 1.18 bits per heavy atom. The summed E-state index contributed by atoms with van der Waals surface area (Å²) in [4.78, 5) is 34.5. The summed E-state index contributed by atoms with van der Waals surface area (Å²) in [5.74, 6) is -2.20. The molecule has 0 aliphatic heterocycles. The van der Waals surface area contributed by atoms with Crippen molar-refractivity contribution in [3.05, 3.63) is 35.4 Å². The van der Waals surface area contributed by atoms with Gasteiger partial charge in [-0.05, 0) is 18.9 Å². The molecule has 120 valence electrons. The maximum absolute atomic E-state index is 12.2. The molecule has 0 bridgehead atoms. The minimum atomic E-state index is -1.15. The van der Waals surface area contributed by atoms with E-state index < -0.39 is 36.2 Å². The number of hydrogen-bond acceptors (Lipinski definition) is 6. The number of rotatable bonds is 8. The summed E-state index contributed by atoms with van der Waals surface area (Å²) in [6, 6.07) is 4.49. The molecule has 1 aromatic carbocycles. The first-order chi connectivity index (χ1) is 10.4. The number of carboxylic acid groups (broad SMARTS) is 1. The van der Waals surface area contributed by atoms with E-state index in [2.05, 4.69) is 0 Å². The molecule has 7 nitrogen and oxygen atoms in total. The monoisotopic (exact) mass is 308 g/mol. The van der Waals surface area contributed by atoms with Crippen LogP contribution < -0.4 is 11.5 Å². The standard InChI is InChI=1S/C15H20N2O5/c1-2-22-15(21)12(17)7-9-5-3-4-6-10(9)14(20)11(16)8-13(18)19/h3-6,11-12H,2,7-8,16-17H2,1H3,(H,18,19)/t11-,12-/m0/s1. The Labute approximate surface area is 128 Å². The lowest BCUT2D eigenvalue weighted by Gasteiger charge is -2.15. The summed E-state index contributed by atoms with van der Waals surface area (Å²) < 4.78 is 4.83. The Morgan fingerprint density at radius 2 is 1.82 bits per heavy atom. The van der Waals surface area contributed by atoms with Crippen molar-refractivity contribution in [2.24, 2.45) is 11.5 Å². The van der Waals surface area contributed by atoms with Crippen LogP contribution in [0.2, 0.25) is 0 Å². The van der Waals surface area contributed by atoms with Crippen LogP contribution in [-0.2, 0) is 20.7 Å². The van der Waals surface area contributed by atoms with E-state index in [1.165, 1.54) is 6.07 Å². The zero-order valence-corrected chi connectivity index (χ0v) is 12.3. The van der Waals surface area contributed by atoms with Crippen LogP contribution in [0, 0.1) is 0 Å². The van der Waals surface area contributed by atoms with Gasteiger partial charge < -0.3 is 21.3 Å². The second kappa shape index (κ2) is 8.26. The van der Waals surface area contributed by atoms with Gasteiger partial charge in [-0.2, -0.15) is 0 Å². The number of ether oxygens (including phenoxy) is 1. The van der Waals surface area contributed by atoms with Gasteiger partial charge in [-0.15, -0.1) is 0 Å². The number of carbonyl (C=O) groups is 3. The number of Topliss-reactive ketones (excluding diaryl/α,β-unsaturated/α-hetero) is 1. The van der Waals surface area contributed by atoms with E-state index in [0.29, 0.717) is 5.56 Å². The van der Waals surface area contributed by atoms with Crippen LogP contribution in [-0.4, -0.2) is 41.5 Å². The summed E-state index contributed by atoms with van der Waals surface area (Å²) in [6.07, 6.45) is -0.350. The van der Waals surface area contributed by atoms with E-state index in [9.17, 15) is 14.4 Å². The van der Waals surface area contributed by atoms with Gasteiger partial charge in [-0.1, -0.05) is 24.3 Å². The zero-order chi connectivity index (χ0) is 16.7. The quantitative estimate of drug-likeness (QED) is 0.458. The average molecular weight is 308 g/mol. The van der Waals surface area contributed by atoms with Crippen LogP contribution in [0.25, 0.3) is 0 Å². The molecule has 1 aromatic rings. The van der Waals surface area contributed by atoms with E-state index in [1.54, 1.807) is 25.1 Å². The predicted octanol–water partition coefficient (Wildman–Crippen LogP) is 0.104. The third-order valence-electron chi connectivity index (χ3n) is 3.04. The number of ketones is 1. The molecule has 7 heteroatoms. The van der Waals surface area contributed by atoms with Crippen molar-refractivity contribution in [3.8, 4) is 0 Å². The molecule has 5 N–H and O–H groups in total. The number of carbonyl (C=O) groups excluding carboxylic acids is 2. The molecule has 0 fully saturated rings. The van der Waals surface area contributed by atoms with Crippen molar-refractivity contribution < 1.29 is 24.2 Å². The third-order valence-corrected chi connectivity index (χ3v) is 3.04. The van der Waals surface area contributed by atoms with Gasteiger partial charge in [0, 0.05) is 5.56 Å². The molecule has 0 amide bonds. The molecule has 0 aromatic heterocycles. The van der Waals surface area contributed by atoms with Crippen LogP contribution in [0.1, 0.15) is 29.3 Å². The van der Waals surface area contributed by atoms with Crippen molar-refractivity contribution in [2.75, 3.05) is 6.61 Å². The molecule has 2 atom stereocenters. The molecule has 22 heavy (non-hydrogen) atoms.